The first kappa shape index (κ1) is 12.0. The molecule has 19 heavy (non-hydrogen) atoms. The lowest BCUT2D eigenvalue weighted by molar-refractivity contribution is 0.975. The highest BCUT2D eigenvalue weighted by Crippen LogP contribution is 2.20. The van der Waals surface area contributed by atoms with E-state index < -0.39 is 0 Å². The molecule has 0 aliphatic heterocycles. The van der Waals surface area contributed by atoms with Gasteiger partial charge in [0, 0.05) is 24.3 Å². The highest BCUT2D eigenvalue weighted by atomic mass is 32.1. The summed E-state index contributed by atoms with van der Waals surface area (Å²) in [6.07, 6.45) is 4.71. The molecule has 0 aliphatic carbocycles. The molecule has 0 saturated heterocycles. The number of aryl methyl sites for hydroxylation is 1. The Hall–Kier alpha value is -2.01. The molecule has 0 bridgehead atoms. The van der Waals surface area contributed by atoms with Gasteiger partial charge in [-0.05, 0) is 17.4 Å². The number of hydrogen-bond acceptors (Lipinski definition) is 5. The molecule has 0 aliphatic rings. The van der Waals surface area contributed by atoms with Crippen molar-refractivity contribution in [3.8, 4) is 0 Å². The van der Waals surface area contributed by atoms with Gasteiger partial charge < -0.3 is 5.32 Å². The molecular formula is C14H14N4S. The summed E-state index contributed by atoms with van der Waals surface area (Å²) in [6, 6.07) is 8.27. The average molecular weight is 270 g/mol. The van der Waals surface area contributed by atoms with Crippen LogP contribution >= 0.6 is 11.3 Å². The maximum Gasteiger partial charge on any atom is 0.205 e. The van der Waals surface area contributed by atoms with Gasteiger partial charge >= 0.3 is 0 Å². The topological polar surface area (TPSA) is 50.7 Å². The van der Waals surface area contributed by atoms with E-state index >= 15 is 0 Å². The molecule has 0 radical (unpaired) electrons. The van der Waals surface area contributed by atoms with Crippen LogP contribution in [0.3, 0.4) is 0 Å². The normalized spacial score (nSPS) is 10.8. The van der Waals surface area contributed by atoms with E-state index in [0.29, 0.717) is 6.54 Å². The number of pyridine rings is 1. The van der Waals surface area contributed by atoms with Gasteiger partial charge in [0.05, 0.1) is 0 Å². The first-order valence-corrected chi connectivity index (χ1v) is 7.06. The van der Waals surface area contributed by atoms with Gasteiger partial charge in [0.1, 0.15) is 5.01 Å². The van der Waals surface area contributed by atoms with Gasteiger partial charge in [-0.1, -0.05) is 42.5 Å². The average Bonchev–Trinajstić information content (AvgIpc) is 2.93. The Morgan fingerprint density at radius 3 is 2.89 bits per heavy atom. The molecule has 0 atom stereocenters. The maximum atomic E-state index is 4.27. The summed E-state index contributed by atoms with van der Waals surface area (Å²) >= 11 is 1.60. The predicted octanol–water partition coefficient (Wildman–Crippen LogP) is 3.26. The Bertz CT molecular complexity index is 687. The molecule has 0 unspecified atom stereocenters. The van der Waals surface area contributed by atoms with Crippen molar-refractivity contribution in [1.82, 2.24) is 15.2 Å². The van der Waals surface area contributed by atoms with Crippen LogP contribution < -0.4 is 5.32 Å². The largest absolute Gasteiger partial charge is 0.356 e. The molecule has 1 N–H and O–H groups in total. The number of benzene rings is 1. The lowest BCUT2D eigenvalue weighted by atomic mass is 10.1. The zero-order valence-electron chi connectivity index (χ0n) is 10.6. The van der Waals surface area contributed by atoms with E-state index in [2.05, 4.69) is 39.6 Å². The van der Waals surface area contributed by atoms with Gasteiger partial charge in [-0.2, -0.15) is 0 Å². The van der Waals surface area contributed by atoms with Crippen molar-refractivity contribution >= 4 is 27.2 Å². The predicted molar refractivity (Wildman–Crippen MR) is 78.4 cm³/mol. The van der Waals surface area contributed by atoms with Crippen LogP contribution in [0.15, 0.2) is 36.7 Å². The van der Waals surface area contributed by atoms with Crippen LogP contribution in [0, 0.1) is 0 Å². The summed E-state index contributed by atoms with van der Waals surface area (Å²) in [5.41, 5.74) is 1.17. The smallest absolute Gasteiger partial charge is 0.205 e. The summed E-state index contributed by atoms with van der Waals surface area (Å²) in [7, 11) is 0. The van der Waals surface area contributed by atoms with Crippen LogP contribution in [-0.2, 0) is 13.0 Å². The van der Waals surface area contributed by atoms with Gasteiger partial charge in [0.15, 0.2) is 0 Å². The molecule has 5 heteroatoms. The van der Waals surface area contributed by atoms with Gasteiger partial charge in [0.2, 0.25) is 5.13 Å². The molecule has 0 saturated carbocycles. The minimum absolute atomic E-state index is 0.715. The van der Waals surface area contributed by atoms with E-state index in [1.54, 1.807) is 11.3 Å². The molecular weight excluding hydrogens is 256 g/mol. The zero-order chi connectivity index (χ0) is 13.1. The molecule has 0 fully saturated rings. The number of fused-ring (bicyclic) bond motifs is 1. The van der Waals surface area contributed by atoms with E-state index in [1.807, 2.05) is 24.5 Å². The summed E-state index contributed by atoms with van der Waals surface area (Å²) in [6.45, 7) is 2.80. The van der Waals surface area contributed by atoms with Gasteiger partial charge in [-0.3, -0.25) is 4.98 Å². The third-order valence-electron chi connectivity index (χ3n) is 2.95. The highest BCUT2D eigenvalue weighted by Gasteiger charge is 2.04. The molecule has 1 aromatic carbocycles. The number of hydrogen-bond donors (Lipinski definition) is 1. The number of anilines is 1. The van der Waals surface area contributed by atoms with Crippen molar-refractivity contribution in [2.75, 3.05) is 5.32 Å². The zero-order valence-corrected chi connectivity index (χ0v) is 11.4. The lowest BCUT2D eigenvalue weighted by Gasteiger charge is -2.06. The minimum atomic E-state index is 0.715. The van der Waals surface area contributed by atoms with Crippen LogP contribution in [-0.4, -0.2) is 15.2 Å². The van der Waals surface area contributed by atoms with Crippen LogP contribution in [0.25, 0.3) is 10.8 Å². The van der Waals surface area contributed by atoms with Crippen molar-refractivity contribution < 1.29 is 0 Å². The summed E-state index contributed by atoms with van der Waals surface area (Å²) in [5.74, 6) is 0. The fraction of sp³-hybridized carbons (Fsp3) is 0.214. The minimum Gasteiger partial charge on any atom is -0.356 e. The second kappa shape index (κ2) is 5.32. The number of aromatic nitrogens is 3. The number of rotatable bonds is 4. The van der Waals surface area contributed by atoms with Gasteiger partial charge in [-0.15, -0.1) is 10.2 Å². The first-order valence-electron chi connectivity index (χ1n) is 6.24. The van der Waals surface area contributed by atoms with Gasteiger partial charge in [0.25, 0.3) is 0 Å². The van der Waals surface area contributed by atoms with E-state index in [4.69, 9.17) is 0 Å². The third-order valence-corrected chi connectivity index (χ3v) is 3.98. The maximum absolute atomic E-state index is 4.27. The SMILES string of the molecule is CCc1nnc(NCc2cncc3ccccc23)s1. The molecule has 3 rings (SSSR count). The summed E-state index contributed by atoms with van der Waals surface area (Å²) < 4.78 is 0. The Morgan fingerprint density at radius 1 is 1.16 bits per heavy atom. The fourth-order valence-corrected chi connectivity index (χ4v) is 2.63. The van der Waals surface area contributed by atoms with Crippen LogP contribution in [0.2, 0.25) is 0 Å². The molecule has 4 nitrogen and oxygen atoms in total. The summed E-state index contributed by atoms with van der Waals surface area (Å²) in [5, 5.41) is 15.8. The molecule has 3 aromatic rings. The molecule has 2 aromatic heterocycles. The van der Waals surface area contributed by atoms with Gasteiger partial charge in [-0.25, -0.2) is 0 Å². The van der Waals surface area contributed by atoms with Crippen LogP contribution in [0.1, 0.15) is 17.5 Å². The highest BCUT2D eigenvalue weighted by molar-refractivity contribution is 7.15. The Kier molecular flexibility index (Phi) is 3.37. The standard InChI is InChI=1S/C14H14N4S/c1-2-13-17-18-14(19-13)16-9-11-8-15-7-10-5-3-4-6-12(10)11/h3-8H,2,9H2,1H3,(H,16,18). The second-order valence-corrected chi connectivity index (χ2v) is 5.29. The van der Waals surface area contributed by atoms with Crippen molar-refractivity contribution in [3.63, 3.8) is 0 Å². The van der Waals surface area contributed by atoms with Crippen molar-refractivity contribution in [1.29, 1.82) is 0 Å². The Labute approximate surface area is 115 Å². The fourth-order valence-electron chi connectivity index (χ4n) is 1.96. The Balaban J connectivity index is 1.81. The molecule has 0 amide bonds. The summed E-state index contributed by atoms with van der Waals surface area (Å²) in [4.78, 5) is 4.27. The molecule has 96 valence electrons. The molecule has 0 spiro atoms. The van der Waals surface area contributed by atoms with E-state index in [-0.39, 0.29) is 0 Å². The van der Waals surface area contributed by atoms with E-state index in [1.165, 1.54) is 10.9 Å². The lowest BCUT2D eigenvalue weighted by Crippen LogP contribution is -2.00. The third kappa shape index (κ3) is 2.56. The van der Waals surface area contributed by atoms with Crippen molar-refractivity contribution in [2.45, 2.75) is 19.9 Å². The Morgan fingerprint density at radius 2 is 2.05 bits per heavy atom. The van der Waals surface area contributed by atoms with Crippen molar-refractivity contribution in [3.05, 3.63) is 47.2 Å². The van der Waals surface area contributed by atoms with Crippen LogP contribution in [0.4, 0.5) is 5.13 Å². The van der Waals surface area contributed by atoms with Crippen LogP contribution in [0.5, 0.6) is 0 Å². The number of nitrogens with one attached hydrogen (secondary N) is 1. The second-order valence-electron chi connectivity index (χ2n) is 4.23. The monoisotopic (exact) mass is 270 g/mol. The number of nitrogens with zero attached hydrogens (tertiary/aromatic N) is 3. The van der Waals surface area contributed by atoms with Crippen molar-refractivity contribution in [2.24, 2.45) is 0 Å². The van der Waals surface area contributed by atoms with E-state index in [0.717, 1.165) is 21.9 Å². The quantitative estimate of drug-likeness (QED) is 0.790. The molecule has 2 heterocycles. The first-order chi connectivity index (χ1) is 9.36. The van der Waals surface area contributed by atoms with E-state index in [9.17, 15) is 0 Å².